The number of nitrogens with zero attached hydrogens (tertiary/aromatic N) is 1. The summed E-state index contributed by atoms with van der Waals surface area (Å²) in [6.07, 6.45) is 2.95. The summed E-state index contributed by atoms with van der Waals surface area (Å²) in [5, 5.41) is 18.6. The molecule has 1 saturated heterocycles. The van der Waals surface area contributed by atoms with E-state index in [1.165, 1.54) is 0 Å². The first-order valence-corrected chi connectivity index (χ1v) is 9.95. The monoisotopic (exact) mass is 386 g/mol. The minimum Gasteiger partial charge on any atom is -0.396 e. The standard InChI is InChI=1S/C17H20F2N2O4S/c18-12-7-11(9-20)8-13(19)15(12)26(23,24)21-16(14-3-1-6-25-14)17(10-22)4-2-5-17/h7-8,14,16,21-22H,1-6,10H2/t14-,16+/m1/s1. The number of benzene rings is 1. The second-order valence-electron chi connectivity index (χ2n) is 6.91. The second-order valence-corrected chi connectivity index (χ2v) is 8.56. The molecule has 6 nitrogen and oxygen atoms in total. The normalized spacial score (nSPS) is 23.2. The van der Waals surface area contributed by atoms with Crippen LogP contribution in [0.3, 0.4) is 0 Å². The minimum absolute atomic E-state index is 0.238. The predicted molar refractivity (Wildman–Crippen MR) is 87.5 cm³/mol. The first-order valence-electron chi connectivity index (χ1n) is 8.47. The van der Waals surface area contributed by atoms with Crippen LogP contribution in [0.5, 0.6) is 0 Å². The molecule has 0 amide bonds. The Kier molecular flexibility index (Phi) is 5.30. The average molecular weight is 386 g/mol. The molecule has 2 atom stereocenters. The van der Waals surface area contributed by atoms with Crippen molar-refractivity contribution in [2.24, 2.45) is 5.41 Å². The van der Waals surface area contributed by atoms with Crippen molar-refractivity contribution < 1.29 is 27.0 Å². The van der Waals surface area contributed by atoms with Gasteiger partial charge in [0.1, 0.15) is 11.6 Å². The third-order valence-electron chi connectivity index (χ3n) is 5.34. The van der Waals surface area contributed by atoms with E-state index in [1.807, 2.05) is 0 Å². The van der Waals surface area contributed by atoms with Crippen LogP contribution in [0.2, 0.25) is 0 Å². The van der Waals surface area contributed by atoms with Gasteiger partial charge < -0.3 is 9.84 Å². The van der Waals surface area contributed by atoms with E-state index in [4.69, 9.17) is 10.00 Å². The van der Waals surface area contributed by atoms with E-state index in [0.717, 1.165) is 12.8 Å². The SMILES string of the molecule is N#Cc1cc(F)c(S(=O)(=O)N[C@@H]([C@H]2CCCO2)C2(CO)CCC2)c(F)c1. The van der Waals surface area contributed by atoms with Crippen molar-refractivity contribution in [3.63, 3.8) is 0 Å². The largest absolute Gasteiger partial charge is 0.396 e. The van der Waals surface area contributed by atoms with Crippen LogP contribution >= 0.6 is 0 Å². The van der Waals surface area contributed by atoms with Crippen LogP contribution in [0, 0.1) is 28.4 Å². The highest BCUT2D eigenvalue weighted by molar-refractivity contribution is 7.89. The predicted octanol–water partition coefficient (Wildman–Crippen LogP) is 1.82. The van der Waals surface area contributed by atoms with Gasteiger partial charge >= 0.3 is 0 Å². The van der Waals surface area contributed by atoms with Gasteiger partial charge in [-0.05, 0) is 37.8 Å². The van der Waals surface area contributed by atoms with Gasteiger partial charge in [0.25, 0.3) is 0 Å². The smallest absolute Gasteiger partial charge is 0.246 e. The van der Waals surface area contributed by atoms with Gasteiger partial charge in [0.2, 0.25) is 10.0 Å². The Labute approximate surface area is 150 Å². The maximum atomic E-state index is 14.2. The molecule has 1 heterocycles. The summed E-state index contributed by atoms with van der Waals surface area (Å²) in [4.78, 5) is -1.12. The fourth-order valence-electron chi connectivity index (χ4n) is 3.77. The zero-order chi connectivity index (χ0) is 18.9. The molecule has 0 bridgehead atoms. The molecule has 0 unspecified atom stereocenters. The minimum atomic E-state index is -4.55. The molecule has 1 saturated carbocycles. The summed E-state index contributed by atoms with van der Waals surface area (Å²) >= 11 is 0. The summed E-state index contributed by atoms with van der Waals surface area (Å²) in [5.41, 5.74) is -0.998. The Balaban J connectivity index is 1.97. The molecule has 3 rings (SSSR count). The van der Waals surface area contributed by atoms with Crippen LogP contribution in [0.4, 0.5) is 8.78 Å². The number of nitriles is 1. The lowest BCUT2D eigenvalue weighted by Crippen LogP contribution is -2.58. The number of aliphatic hydroxyl groups is 1. The van der Waals surface area contributed by atoms with Crippen molar-refractivity contribution in [2.75, 3.05) is 13.2 Å². The number of nitrogens with one attached hydrogen (secondary N) is 1. The van der Waals surface area contributed by atoms with Crippen LogP contribution in [-0.4, -0.2) is 38.9 Å². The molecule has 2 N–H and O–H groups in total. The molecule has 1 aromatic rings. The van der Waals surface area contributed by atoms with Gasteiger partial charge in [0, 0.05) is 12.0 Å². The lowest BCUT2D eigenvalue weighted by atomic mass is 9.63. The van der Waals surface area contributed by atoms with E-state index < -0.39 is 44.1 Å². The highest BCUT2D eigenvalue weighted by Gasteiger charge is 2.50. The van der Waals surface area contributed by atoms with Crippen molar-refractivity contribution in [1.82, 2.24) is 4.72 Å². The molecule has 142 valence electrons. The van der Waals surface area contributed by atoms with Crippen molar-refractivity contribution in [1.29, 1.82) is 5.26 Å². The lowest BCUT2D eigenvalue weighted by molar-refractivity contribution is -0.0429. The lowest BCUT2D eigenvalue weighted by Gasteiger charge is -2.48. The first kappa shape index (κ1) is 19.2. The number of hydrogen-bond donors (Lipinski definition) is 2. The number of aliphatic hydroxyl groups excluding tert-OH is 1. The van der Waals surface area contributed by atoms with Gasteiger partial charge in [-0.1, -0.05) is 6.42 Å². The summed E-state index contributed by atoms with van der Waals surface area (Å²) in [6.45, 7) is 0.238. The van der Waals surface area contributed by atoms with Crippen molar-refractivity contribution in [3.05, 3.63) is 29.3 Å². The van der Waals surface area contributed by atoms with E-state index >= 15 is 0 Å². The quantitative estimate of drug-likeness (QED) is 0.777. The molecular weight excluding hydrogens is 366 g/mol. The molecular formula is C17H20F2N2O4S. The van der Waals surface area contributed by atoms with Gasteiger partial charge in [-0.15, -0.1) is 0 Å². The number of hydrogen-bond acceptors (Lipinski definition) is 5. The first-order chi connectivity index (χ1) is 12.3. The van der Waals surface area contributed by atoms with Gasteiger partial charge in [0.15, 0.2) is 4.90 Å². The Morgan fingerprint density at radius 3 is 2.42 bits per heavy atom. The van der Waals surface area contributed by atoms with E-state index in [-0.39, 0.29) is 12.2 Å². The summed E-state index contributed by atoms with van der Waals surface area (Å²) in [5.74, 6) is -2.65. The van der Waals surface area contributed by atoms with E-state index in [1.54, 1.807) is 6.07 Å². The van der Waals surface area contributed by atoms with Crippen molar-refractivity contribution in [3.8, 4) is 6.07 Å². The molecule has 1 aromatic carbocycles. The Morgan fingerprint density at radius 1 is 1.35 bits per heavy atom. The van der Waals surface area contributed by atoms with Crippen molar-refractivity contribution in [2.45, 2.75) is 49.1 Å². The Morgan fingerprint density at radius 2 is 2.00 bits per heavy atom. The molecule has 2 aliphatic rings. The Bertz CT molecular complexity index is 799. The molecule has 1 aliphatic carbocycles. The third kappa shape index (κ3) is 3.34. The zero-order valence-electron chi connectivity index (χ0n) is 14.0. The molecule has 1 aliphatic heterocycles. The third-order valence-corrected chi connectivity index (χ3v) is 6.83. The molecule has 0 spiro atoms. The van der Waals surface area contributed by atoms with E-state index in [2.05, 4.69) is 4.72 Å². The highest BCUT2D eigenvalue weighted by atomic mass is 32.2. The molecule has 9 heteroatoms. The molecule has 0 aromatic heterocycles. The van der Waals surface area contributed by atoms with Crippen LogP contribution in [-0.2, 0) is 14.8 Å². The number of halogens is 2. The van der Waals surface area contributed by atoms with E-state index in [0.29, 0.717) is 38.0 Å². The molecule has 26 heavy (non-hydrogen) atoms. The second kappa shape index (κ2) is 7.19. The van der Waals surface area contributed by atoms with Crippen LogP contribution in [0.25, 0.3) is 0 Å². The van der Waals surface area contributed by atoms with Crippen LogP contribution < -0.4 is 4.72 Å². The number of ether oxygens (including phenoxy) is 1. The molecule has 0 radical (unpaired) electrons. The fraction of sp³-hybridized carbons (Fsp3) is 0.588. The summed E-state index contributed by atoms with van der Waals surface area (Å²) in [6, 6.07) is 2.17. The fourth-order valence-corrected chi connectivity index (χ4v) is 5.25. The van der Waals surface area contributed by atoms with E-state index in [9.17, 15) is 22.3 Å². The molecule has 2 fully saturated rings. The van der Waals surface area contributed by atoms with Crippen LogP contribution in [0.1, 0.15) is 37.7 Å². The van der Waals surface area contributed by atoms with Gasteiger partial charge in [0.05, 0.1) is 30.4 Å². The maximum absolute atomic E-state index is 14.2. The number of sulfonamides is 1. The zero-order valence-corrected chi connectivity index (χ0v) is 14.9. The Hall–Kier alpha value is -1.60. The van der Waals surface area contributed by atoms with Crippen molar-refractivity contribution >= 4 is 10.0 Å². The summed E-state index contributed by atoms with van der Waals surface area (Å²) < 4.78 is 61.9. The highest BCUT2D eigenvalue weighted by Crippen LogP contribution is 2.46. The number of rotatable bonds is 6. The van der Waals surface area contributed by atoms with Gasteiger partial charge in [-0.3, -0.25) is 0 Å². The summed E-state index contributed by atoms with van der Waals surface area (Å²) in [7, 11) is -4.55. The van der Waals surface area contributed by atoms with Gasteiger partial charge in [-0.2, -0.15) is 5.26 Å². The maximum Gasteiger partial charge on any atom is 0.246 e. The topological polar surface area (TPSA) is 99.4 Å². The van der Waals surface area contributed by atoms with Crippen LogP contribution in [0.15, 0.2) is 17.0 Å². The van der Waals surface area contributed by atoms with Gasteiger partial charge in [-0.25, -0.2) is 21.9 Å². The average Bonchev–Trinajstić information content (AvgIpc) is 3.06.